The highest BCUT2D eigenvalue weighted by molar-refractivity contribution is 5.48. The lowest BCUT2D eigenvalue weighted by atomic mass is 10.1. The largest absolute Gasteiger partial charge is 0.412 e. The second-order valence-electron chi connectivity index (χ2n) is 5.44. The van der Waals surface area contributed by atoms with E-state index in [1.54, 1.807) is 6.20 Å². The Morgan fingerprint density at radius 3 is 2.71 bits per heavy atom. The predicted octanol–water partition coefficient (Wildman–Crippen LogP) is 3.28. The maximum absolute atomic E-state index is 12.6. The standard InChI is InChI=1S/C15H20F3N3/c1-11(2)20-10-12-4-3-7-19-14(12)21-8-5-13(6-9-21)15(16,17)18/h3-5,7,11,20H,6,8-10H2,1-2H3. The third-order valence-corrected chi connectivity index (χ3v) is 3.44. The van der Waals surface area contributed by atoms with Gasteiger partial charge in [0.2, 0.25) is 0 Å². The van der Waals surface area contributed by atoms with Crippen LogP contribution in [0.25, 0.3) is 0 Å². The van der Waals surface area contributed by atoms with Crippen molar-refractivity contribution in [2.24, 2.45) is 0 Å². The molecule has 1 aromatic rings. The van der Waals surface area contributed by atoms with E-state index < -0.39 is 11.7 Å². The Balaban J connectivity index is 2.11. The van der Waals surface area contributed by atoms with Crippen LogP contribution in [-0.2, 0) is 6.54 Å². The molecule has 1 N–H and O–H groups in total. The first-order valence-corrected chi connectivity index (χ1v) is 7.06. The van der Waals surface area contributed by atoms with Crippen LogP contribution in [0, 0.1) is 0 Å². The van der Waals surface area contributed by atoms with Crippen LogP contribution in [-0.4, -0.2) is 30.3 Å². The highest BCUT2D eigenvalue weighted by atomic mass is 19.4. The molecule has 0 aromatic carbocycles. The molecule has 0 atom stereocenters. The topological polar surface area (TPSA) is 28.2 Å². The molecule has 2 rings (SSSR count). The molecule has 0 spiro atoms. The molecule has 0 radical (unpaired) electrons. The van der Waals surface area contributed by atoms with Crippen LogP contribution >= 0.6 is 0 Å². The Hall–Kier alpha value is -1.56. The minimum Gasteiger partial charge on any atom is -0.352 e. The third kappa shape index (κ3) is 4.20. The fourth-order valence-corrected chi connectivity index (χ4v) is 2.29. The Morgan fingerprint density at radius 1 is 1.38 bits per heavy atom. The van der Waals surface area contributed by atoms with Gasteiger partial charge in [0.25, 0.3) is 0 Å². The molecule has 0 saturated carbocycles. The number of halogens is 3. The minimum atomic E-state index is -4.21. The van der Waals surface area contributed by atoms with E-state index in [1.165, 1.54) is 6.08 Å². The molecule has 21 heavy (non-hydrogen) atoms. The summed E-state index contributed by atoms with van der Waals surface area (Å²) in [5.74, 6) is 0.767. The molecule has 2 heterocycles. The van der Waals surface area contributed by atoms with Gasteiger partial charge in [0.05, 0.1) is 0 Å². The average Bonchev–Trinajstić information content (AvgIpc) is 2.44. The monoisotopic (exact) mass is 299 g/mol. The molecule has 0 aliphatic carbocycles. The Labute approximate surface area is 122 Å². The van der Waals surface area contributed by atoms with Crippen LogP contribution in [0.2, 0.25) is 0 Å². The fraction of sp³-hybridized carbons (Fsp3) is 0.533. The summed E-state index contributed by atoms with van der Waals surface area (Å²) in [5.41, 5.74) is 0.576. The van der Waals surface area contributed by atoms with Gasteiger partial charge in [0.1, 0.15) is 5.82 Å². The number of aromatic nitrogens is 1. The van der Waals surface area contributed by atoms with Crippen molar-refractivity contribution in [3.63, 3.8) is 0 Å². The summed E-state index contributed by atoms with van der Waals surface area (Å²) in [4.78, 5) is 6.24. The first kappa shape index (κ1) is 15.8. The molecular formula is C15H20F3N3. The lowest BCUT2D eigenvalue weighted by Crippen LogP contribution is -2.34. The van der Waals surface area contributed by atoms with Gasteiger partial charge in [-0.05, 0) is 12.5 Å². The SMILES string of the molecule is CC(C)NCc1cccnc1N1CC=C(C(F)(F)F)CC1. The van der Waals surface area contributed by atoms with Crippen molar-refractivity contribution >= 4 is 5.82 Å². The van der Waals surface area contributed by atoms with E-state index in [0.29, 0.717) is 19.1 Å². The van der Waals surface area contributed by atoms with Crippen LogP contribution < -0.4 is 10.2 Å². The quantitative estimate of drug-likeness (QED) is 0.865. The summed E-state index contributed by atoms with van der Waals surface area (Å²) in [6.07, 6.45) is -1.26. The van der Waals surface area contributed by atoms with Crippen molar-refractivity contribution in [3.05, 3.63) is 35.5 Å². The molecule has 0 bridgehead atoms. The van der Waals surface area contributed by atoms with Crippen molar-refractivity contribution in [2.75, 3.05) is 18.0 Å². The second-order valence-corrected chi connectivity index (χ2v) is 5.44. The molecule has 1 aliphatic heterocycles. The van der Waals surface area contributed by atoms with E-state index in [0.717, 1.165) is 11.4 Å². The van der Waals surface area contributed by atoms with Gasteiger partial charge in [-0.15, -0.1) is 0 Å². The number of rotatable bonds is 4. The number of anilines is 1. The number of nitrogens with zero attached hydrogens (tertiary/aromatic N) is 2. The Kier molecular flexibility index (Phi) is 4.88. The van der Waals surface area contributed by atoms with Gasteiger partial charge in [-0.2, -0.15) is 13.2 Å². The van der Waals surface area contributed by atoms with Gasteiger partial charge in [-0.25, -0.2) is 4.98 Å². The molecule has 3 nitrogen and oxygen atoms in total. The van der Waals surface area contributed by atoms with Crippen LogP contribution in [0.15, 0.2) is 30.0 Å². The Bertz CT molecular complexity index is 509. The van der Waals surface area contributed by atoms with Crippen molar-refractivity contribution < 1.29 is 13.2 Å². The number of alkyl halides is 3. The molecule has 116 valence electrons. The van der Waals surface area contributed by atoms with Crippen molar-refractivity contribution in [1.29, 1.82) is 0 Å². The van der Waals surface area contributed by atoms with Crippen LogP contribution in [0.3, 0.4) is 0 Å². The van der Waals surface area contributed by atoms with Gasteiger partial charge in [-0.3, -0.25) is 0 Å². The molecule has 1 aromatic heterocycles. The number of nitrogens with one attached hydrogen (secondary N) is 1. The molecule has 0 amide bonds. The normalized spacial score (nSPS) is 16.3. The minimum absolute atomic E-state index is 0.0110. The van der Waals surface area contributed by atoms with E-state index in [1.807, 2.05) is 17.0 Å². The summed E-state index contributed by atoms with van der Waals surface area (Å²) in [6, 6.07) is 4.15. The summed E-state index contributed by atoms with van der Waals surface area (Å²) in [6.45, 7) is 5.36. The zero-order valence-corrected chi connectivity index (χ0v) is 12.2. The molecule has 0 fully saturated rings. The van der Waals surface area contributed by atoms with E-state index in [-0.39, 0.29) is 13.0 Å². The molecule has 0 unspecified atom stereocenters. The molecule has 1 aliphatic rings. The van der Waals surface area contributed by atoms with Crippen molar-refractivity contribution in [1.82, 2.24) is 10.3 Å². The zero-order chi connectivity index (χ0) is 15.5. The van der Waals surface area contributed by atoms with Gasteiger partial charge in [0.15, 0.2) is 0 Å². The predicted molar refractivity (Wildman–Crippen MR) is 77.2 cm³/mol. The van der Waals surface area contributed by atoms with Gasteiger partial charge < -0.3 is 10.2 Å². The summed E-state index contributed by atoms with van der Waals surface area (Å²) in [7, 11) is 0. The first-order chi connectivity index (χ1) is 9.88. The van der Waals surface area contributed by atoms with Gasteiger partial charge in [-0.1, -0.05) is 26.0 Å². The summed E-state index contributed by atoms with van der Waals surface area (Å²) in [5, 5.41) is 3.31. The van der Waals surface area contributed by atoms with Crippen LogP contribution in [0.1, 0.15) is 25.8 Å². The maximum atomic E-state index is 12.6. The summed E-state index contributed by atoms with van der Waals surface area (Å²) < 4.78 is 37.9. The van der Waals surface area contributed by atoms with Crippen LogP contribution in [0.4, 0.5) is 19.0 Å². The lowest BCUT2D eigenvalue weighted by molar-refractivity contribution is -0.0944. The number of pyridine rings is 1. The van der Waals surface area contributed by atoms with E-state index in [4.69, 9.17) is 0 Å². The van der Waals surface area contributed by atoms with E-state index in [2.05, 4.69) is 24.1 Å². The molecule has 6 heteroatoms. The number of hydrogen-bond acceptors (Lipinski definition) is 3. The lowest BCUT2D eigenvalue weighted by Gasteiger charge is -2.29. The van der Waals surface area contributed by atoms with Gasteiger partial charge >= 0.3 is 6.18 Å². The smallest absolute Gasteiger partial charge is 0.352 e. The second kappa shape index (κ2) is 6.47. The van der Waals surface area contributed by atoms with Gasteiger partial charge in [0, 0.05) is 43.0 Å². The number of hydrogen-bond donors (Lipinski definition) is 1. The van der Waals surface area contributed by atoms with Crippen molar-refractivity contribution in [2.45, 2.75) is 39.0 Å². The van der Waals surface area contributed by atoms with Crippen molar-refractivity contribution in [3.8, 4) is 0 Å². The Morgan fingerprint density at radius 2 is 2.14 bits per heavy atom. The highest BCUT2D eigenvalue weighted by Gasteiger charge is 2.35. The van der Waals surface area contributed by atoms with E-state index >= 15 is 0 Å². The average molecular weight is 299 g/mol. The molecular weight excluding hydrogens is 279 g/mol. The maximum Gasteiger partial charge on any atom is 0.412 e. The van der Waals surface area contributed by atoms with E-state index in [9.17, 15) is 13.2 Å². The summed E-state index contributed by atoms with van der Waals surface area (Å²) >= 11 is 0. The molecule has 0 saturated heterocycles. The zero-order valence-electron chi connectivity index (χ0n) is 12.2. The highest BCUT2D eigenvalue weighted by Crippen LogP contribution is 2.31. The van der Waals surface area contributed by atoms with Crippen LogP contribution in [0.5, 0.6) is 0 Å². The fourth-order valence-electron chi connectivity index (χ4n) is 2.29. The first-order valence-electron chi connectivity index (χ1n) is 7.06. The third-order valence-electron chi connectivity index (χ3n) is 3.44.